The van der Waals surface area contributed by atoms with Gasteiger partial charge in [-0.2, -0.15) is 0 Å². The Morgan fingerprint density at radius 2 is 1.82 bits per heavy atom. The van der Waals surface area contributed by atoms with Gasteiger partial charge in [0.2, 0.25) is 11.8 Å². The van der Waals surface area contributed by atoms with E-state index in [1.54, 1.807) is 12.0 Å². The largest absolute Gasteiger partial charge is 0.493 e. The Bertz CT molecular complexity index is 794. The van der Waals surface area contributed by atoms with Crippen molar-refractivity contribution in [3.63, 3.8) is 0 Å². The number of amides is 2. The van der Waals surface area contributed by atoms with E-state index in [9.17, 15) is 9.59 Å². The van der Waals surface area contributed by atoms with Crippen molar-refractivity contribution < 1.29 is 19.1 Å². The van der Waals surface area contributed by atoms with E-state index in [4.69, 9.17) is 9.47 Å². The summed E-state index contributed by atoms with van der Waals surface area (Å²) >= 11 is 0. The Balaban J connectivity index is 1.39. The van der Waals surface area contributed by atoms with Crippen molar-refractivity contribution >= 4 is 11.8 Å². The summed E-state index contributed by atoms with van der Waals surface area (Å²) in [5.74, 6) is 0.946. The molecule has 3 rings (SSSR count). The third-order valence-corrected chi connectivity index (χ3v) is 4.83. The van der Waals surface area contributed by atoms with Crippen molar-refractivity contribution in [3.8, 4) is 11.5 Å². The molecule has 2 amide bonds. The third kappa shape index (κ3) is 5.25. The lowest BCUT2D eigenvalue weighted by Gasteiger charge is -2.16. The predicted octanol–water partition coefficient (Wildman–Crippen LogP) is 2.28. The van der Waals surface area contributed by atoms with Crippen LogP contribution in [0.5, 0.6) is 11.5 Å². The topological polar surface area (TPSA) is 67.9 Å². The van der Waals surface area contributed by atoms with Crippen LogP contribution in [0.25, 0.3) is 0 Å². The van der Waals surface area contributed by atoms with E-state index in [0.29, 0.717) is 37.7 Å². The molecule has 1 aliphatic heterocycles. The molecule has 1 N–H and O–H groups in total. The van der Waals surface area contributed by atoms with Crippen molar-refractivity contribution in [1.82, 2.24) is 10.2 Å². The molecule has 1 heterocycles. The zero-order chi connectivity index (χ0) is 19.8. The van der Waals surface area contributed by atoms with Gasteiger partial charge in [0, 0.05) is 19.5 Å². The van der Waals surface area contributed by atoms with Gasteiger partial charge in [0.1, 0.15) is 6.61 Å². The van der Waals surface area contributed by atoms with Crippen molar-refractivity contribution in [2.24, 2.45) is 5.92 Å². The first kappa shape index (κ1) is 19.7. The molecule has 0 aromatic heterocycles. The van der Waals surface area contributed by atoms with E-state index in [2.05, 4.69) is 5.32 Å². The number of ether oxygens (including phenoxy) is 2. The van der Waals surface area contributed by atoms with E-state index in [-0.39, 0.29) is 24.2 Å². The van der Waals surface area contributed by atoms with Crippen LogP contribution >= 0.6 is 0 Å². The van der Waals surface area contributed by atoms with Gasteiger partial charge in [-0.15, -0.1) is 0 Å². The van der Waals surface area contributed by atoms with Crippen LogP contribution in [-0.2, 0) is 16.0 Å². The second-order valence-corrected chi connectivity index (χ2v) is 6.77. The van der Waals surface area contributed by atoms with Gasteiger partial charge >= 0.3 is 0 Å². The van der Waals surface area contributed by atoms with Crippen LogP contribution in [0, 0.1) is 5.92 Å². The molecule has 1 saturated heterocycles. The minimum atomic E-state index is -0.297. The molecule has 148 valence electrons. The van der Waals surface area contributed by atoms with Crippen molar-refractivity contribution in [2.75, 3.05) is 33.4 Å². The van der Waals surface area contributed by atoms with E-state index < -0.39 is 0 Å². The minimum Gasteiger partial charge on any atom is -0.493 e. The molecule has 2 aromatic rings. The van der Waals surface area contributed by atoms with E-state index in [0.717, 1.165) is 6.42 Å². The van der Waals surface area contributed by atoms with E-state index in [1.807, 2.05) is 54.6 Å². The third-order valence-electron chi connectivity index (χ3n) is 4.83. The molecule has 1 aliphatic rings. The lowest BCUT2D eigenvalue weighted by atomic mass is 10.1. The van der Waals surface area contributed by atoms with Crippen LogP contribution in [0.2, 0.25) is 0 Å². The van der Waals surface area contributed by atoms with Crippen LogP contribution in [0.4, 0.5) is 0 Å². The normalized spacial score (nSPS) is 16.1. The van der Waals surface area contributed by atoms with Gasteiger partial charge in [0.25, 0.3) is 0 Å². The van der Waals surface area contributed by atoms with Crippen LogP contribution in [0.1, 0.15) is 12.0 Å². The Kier molecular flexibility index (Phi) is 6.89. The average Bonchev–Trinajstić information content (AvgIpc) is 3.11. The Morgan fingerprint density at radius 1 is 1.11 bits per heavy atom. The first-order valence-electron chi connectivity index (χ1n) is 9.52. The fraction of sp³-hybridized carbons (Fsp3) is 0.364. The summed E-state index contributed by atoms with van der Waals surface area (Å²) in [4.78, 5) is 26.4. The minimum absolute atomic E-state index is 0.0429. The van der Waals surface area contributed by atoms with Crippen LogP contribution in [0.15, 0.2) is 54.6 Å². The maximum Gasteiger partial charge on any atom is 0.225 e. The zero-order valence-corrected chi connectivity index (χ0v) is 16.1. The molecule has 0 aliphatic carbocycles. The molecule has 0 radical (unpaired) electrons. The number of rotatable bonds is 9. The maximum atomic E-state index is 12.4. The summed E-state index contributed by atoms with van der Waals surface area (Å²) in [7, 11) is 1.59. The smallest absolute Gasteiger partial charge is 0.225 e. The lowest BCUT2D eigenvalue weighted by Crippen LogP contribution is -2.35. The van der Waals surface area contributed by atoms with Gasteiger partial charge in [0.05, 0.1) is 19.6 Å². The Morgan fingerprint density at radius 3 is 2.57 bits per heavy atom. The number of benzene rings is 2. The Hall–Kier alpha value is -3.02. The quantitative estimate of drug-likeness (QED) is 0.676. The number of hydrogen-bond acceptors (Lipinski definition) is 4. The number of para-hydroxylation sites is 2. The summed E-state index contributed by atoms with van der Waals surface area (Å²) in [6.45, 7) is 1.84. The van der Waals surface area contributed by atoms with Crippen LogP contribution < -0.4 is 14.8 Å². The second kappa shape index (κ2) is 9.78. The van der Waals surface area contributed by atoms with Gasteiger partial charge in [-0.1, -0.05) is 42.5 Å². The number of carbonyl (C=O) groups excluding carboxylic acids is 2. The maximum absolute atomic E-state index is 12.4. The number of likely N-dealkylation sites (tertiary alicyclic amines) is 1. The molecular weight excluding hydrogens is 356 g/mol. The molecule has 6 heteroatoms. The molecule has 1 unspecified atom stereocenters. The fourth-order valence-electron chi connectivity index (χ4n) is 3.29. The summed E-state index contributed by atoms with van der Waals surface area (Å²) in [6.07, 6.45) is 1.07. The first-order valence-corrected chi connectivity index (χ1v) is 9.52. The highest BCUT2D eigenvalue weighted by molar-refractivity contribution is 5.89. The van der Waals surface area contributed by atoms with Crippen LogP contribution in [-0.4, -0.2) is 50.1 Å². The van der Waals surface area contributed by atoms with Gasteiger partial charge in [0.15, 0.2) is 11.5 Å². The monoisotopic (exact) mass is 382 g/mol. The molecule has 6 nitrogen and oxygen atoms in total. The highest BCUT2D eigenvalue weighted by Gasteiger charge is 2.33. The van der Waals surface area contributed by atoms with Gasteiger partial charge in [-0.05, 0) is 24.1 Å². The number of nitrogens with one attached hydrogen (secondary N) is 1. The van der Waals surface area contributed by atoms with E-state index >= 15 is 0 Å². The van der Waals surface area contributed by atoms with Crippen molar-refractivity contribution in [3.05, 3.63) is 60.2 Å². The summed E-state index contributed by atoms with van der Waals surface area (Å²) in [5.41, 5.74) is 1.19. The van der Waals surface area contributed by atoms with Crippen molar-refractivity contribution in [2.45, 2.75) is 12.8 Å². The van der Waals surface area contributed by atoms with Crippen LogP contribution in [0.3, 0.4) is 0 Å². The molecule has 1 atom stereocenters. The summed E-state index contributed by atoms with van der Waals surface area (Å²) < 4.78 is 10.9. The SMILES string of the molecule is COc1ccccc1OCCNC(=O)C1CC(=O)N(CCc2ccccc2)C1. The number of methoxy groups -OCH3 is 1. The van der Waals surface area contributed by atoms with Gasteiger partial charge in [-0.25, -0.2) is 0 Å². The number of carbonyl (C=O) groups is 2. The summed E-state index contributed by atoms with van der Waals surface area (Å²) in [5, 5.41) is 2.86. The lowest BCUT2D eigenvalue weighted by molar-refractivity contribution is -0.129. The molecule has 0 bridgehead atoms. The molecular formula is C22H26N2O4. The zero-order valence-electron chi connectivity index (χ0n) is 16.1. The average molecular weight is 382 g/mol. The highest BCUT2D eigenvalue weighted by atomic mass is 16.5. The first-order chi connectivity index (χ1) is 13.7. The number of nitrogens with zero attached hydrogens (tertiary/aromatic N) is 1. The highest BCUT2D eigenvalue weighted by Crippen LogP contribution is 2.25. The summed E-state index contributed by atoms with van der Waals surface area (Å²) in [6, 6.07) is 17.4. The van der Waals surface area contributed by atoms with Crippen molar-refractivity contribution in [1.29, 1.82) is 0 Å². The van der Waals surface area contributed by atoms with Gasteiger partial charge in [-0.3, -0.25) is 9.59 Å². The Labute approximate surface area is 165 Å². The fourth-order valence-corrected chi connectivity index (χ4v) is 3.29. The second-order valence-electron chi connectivity index (χ2n) is 6.77. The molecule has 1 fully saturated rings. The standard InChI is InChI=1S/C22H26N2O4/c1-27-19-9-5-6-10-20(19)28-14-12-23-22(26)18-15-21(25)24(16-18)13-11-17-7-3-2-4-8-17/h2-10,18H,11-16H2,1H3,(H,23,26). The van der Waals surface area contributed by atoms with Gasteiger partial charge < -0.3 is 19.7 Å². The molecule has 2 aromatic carbocycles. The molecule has 0 spiro atoms. The predicted molar refractivity (Wildman–Crippen MR) is 106 cm³/mol. The van der Waals surface area contributed by atoms with E-state index in [1.165, 1.54) is 5.56 Å². The molecule has 28 heavy (non-hydrogen) atoms. The number of hydrogen-bond donors (Lipinski definition) is 1. The molecule has 0 saturated carbocycles.